The number of nitrogens with zero attached hydrogens (tertiary/aromatic N) is 1. The molecule has 0 saturated heterocycles. The number of rotatable bonds is 8. The first-order valence-electron chi connectivity index (χ1n) is 6.14. The fraction of sp³-hybridized carbons (Fsp3) is 0.917. The fourth-order valence-electron chi connectivity index (χ4n) is 1.28. The molecule has 4 nitrogen and oxygen atoms in total. The maximum absolute atomic E-state index is 5.10. The van der Waals surface area contributed by atoms with Crippen molar-refractivity contribution < 1.29 is 14.2 Å². The molecule has 0 bridgehead atoms. The highest BCUT2D eigenvalue weighted by Crippen LogP contribution is 2.01. The molecule has 0 atom stereocenters. The average molecular weight is 263 g/mol. The van der Waals surface area contributed by atoms with Crippen molar-refractivity contribution in [2.75, 3.05) is 27.9 Å². The lowest BCUT2D eigenvalue weighted by atomic mass is 10.1. The van der Waals surface area contributed by atoms with Gasteiger partial charge in [0, 0.05) is 19.4 Å². The minimum atomic E-state index is -0.214. The van der Waals surface area contributed by atoms with Crippen molar-refractivity contribution in [1.82, 2.24) is 0 Å². The van der Waals surface area contributed by atoms with Crippen LogP contribution >= 0.6 is 0 Å². The van der Waals surface area contributed by atoms with Gasteiger partial charge in [-0.25, -0.2) is 9.78 Å². The van der Waals surface area contributed by atoms with Crippen LogP contribution < -0.4 is 0 Å². The molecule has 0 aromatic heterocycles. The zero-order valence-corrected chi connectivity index (χ0v) is 13.7. The third-order valence-corrected chi connectivity index (χ3v) is 3.21. The van der Waals surface area contributed by atoms with E-state index in [1.165, 1.54) is 32.4 Å². The standard InChI is InChI=1S/C10H23NOSi.C2H6O2/c1-9(2)8-10(3)11-6-5-7-13-12-4;1-3-4-2/h9H,5-8,13H2,1-4H3;1-2H3. The lowest BCUT2D eigenvalue weighted by Gasteiger charge is -2.03. The van der Waals surface area contributed by atoms with E-state index in [2.05, 4.69) is 35.5 Å². The highest BCUT2D eigenvalue weighted by Gasteiger charge is 1.96. The summed E-state index contributed by atoms with van der Waals surface area (Å²) in [5, 5.41) is 0. The van der Waals surface area contributed by atoms with Gasteiger partial charge in [0.25, 0.3) is 0 Å². The second kappa shape index (κ2) is 15.8. The van der Waals surface area contributed by atoms with Gasteiger partial charge in [-0.05, 0) is 31.7 Å². The molecular weight excluding hydrogens is 234 g/mol. The quantitative estimate of drug-likeness (QED) is 0.222. The average Bonchev–Trinajstić information content (AvgIpc) is 2.28. The lowest BCUT2D eigenvalue weighted by molar-refractivity contribution is -0.248. The summed E-state index contributed by atoms with van der Waals surface area (Å²) in [6.45, 7) is 7.59. The van der Waals surface area contributed by atoms with E-state index in [1.54, 1.807) is 7.11 Å². The Bertz CT molecular complexity index is 173. The Labute approximate surface area is 109 Å². The summed E-state index contributed by atoms with van der Waals surface area (Å²) in [5.74, 6) is 0.733. The number of hydrogen-bond acceptors (Lipinski definition) is 4. The van der Waals surface area contributed by atoms with Gasteiger partial charge in [-0.3, -0.25) is 4.99 Å². The summed E-state index contributed by atoms with van der Waals surface area (Å²) >= 11 is 0. The molecule has 0 rings (SSSR count). The predicted molar refractivity (Wildman–Crippen MR) is 76.4 cm³/mol. The SMILES string of the molecule is COOC.CO[SiH2]CCCN=C(C)CC(C)C. The van der Waals surface area contributed by atoms with E-state index >= 15 is 0 Å². The zero-order valence-electron chi connectivity index (χ0n) is 12.3. The third kappa shape index (κ3) is 21.6. The molecule has 104 valence electrons. The minimum absolute atomic E-state index is 0.214. The molecule has 0 radical (unpaired) electrons. The van der Waals surface area contributed by atoms with Crippen molar-refractivity contribution in [3.63, 3.8) is 0 Å². The van der Waals surface area contributed by atoms with Crippen molar-refractivity contribution in [2.45, 2.75) is 39.7 Å². The van der Waals surface area contributed by atoms with Gasteiger partial charge in [-0.15, -0.1) is 0 Å². The van der Waals surface area contributed by atoms with Gasteiger partial charge in [-0.1, -0.05) is 13.8 Å². The van der Waals surface area contributed by atoms with Gasteiger partial charge in [0.1, 0.15) is 0 Å². The maximum atomic E-state index is 5.10. The Morgan fingerprint density at radius 2 is 1.76 bits per heavy atom. The van der Waals surface area contributed by atoms with Gasteiger partial charge in [0.05, 0.1) is 14.2 Å². The Balaban J connectivity index is 0. The molecule has 0 saturated carbocycles. The second-order valence-electron chi connectivity index (χ2n) is 4.25. The van der Waals surface area contributed by atoms with Gasteiger partial charge in [0.15, 0.2) is 9.76 Å². The number of aliphatic imine (C=N–C) groups is 1. The van der Waals surface area contributed by atoms with E-state index in [0.29, 0.717) is 0 Å². The van der Waals surface area contributed by atoms with E-state index in [9.17, 15) is 0 Å². The lowest BCUT2D eigenvalue weighted by Crippen LogP contribution is -2.00. The molecule has 0 aliphatic rings. The summed E-state index contributed by atoms with van der Waals surface area (Å²) in [6.07, 6.45) is 2.34. The molecule has 17 heavy (non-hydrogen) atoms. The van der Waals surface area contributed by atoms with Gasteiger partial charge in [-0.2, -0.15) is 0 Å². The topological polar surface area (TPSA) is 40.0 Å². The molecule has 0 aromatic carbocycles. The van der Waals surface area contributed by atoms with Crippen LogP contribution in [0.5, 0.6) is 0 Å². The molecule has 0 unspecified atom stereocenters. The summed E-state index contributed by atoms with van der Waals surface area (Å²) in [6, 6.07) is 1.26. The third-order valence-electron chi connectivity index (χ3n) is 2.01. The van der Waals surface area contributed by atoms with Gasteiger partial charge in [0.2, 0.25) is 0 Å². The molecule has 0 amide bonds. The van der Waals surface area contributed by atoms with Crippen LogP contribution in [-0.4, -0.2) is 43.3 Å². The van der Waals surface area contributed by atoms with E-state index in [1.807, 2.05) is 0 Å². The Morgan fingerprint density at radius 3 is 2.18 bits per heavy atom. The Kier molecular flexibility index (Phi) is 17.7. The maximum Gasteiger partial charge on any atom is 0.161 e. The zero-order chi connectivity index (χ0) is 13.5. The van der Waals surface area contributed by atoms with Crippen LogP contribution in [0.3, 0.4) is 0 Å². The highest BCUT2D eigenvalue weighted by molar-refractivity contribution is 6.26. The van der Waals surface area contributed by atoms with Crippen LogP contribution in [0.1, 0.15) is 33.6 Å². The van der Waals surface area contributed by atoms with E-state index < -0.39 is 0 Å². The molecular formula is C12H29NO3Si. The van der Waals surface area contributed by atoms with Gasteiger partial charge < -0.3 is 4.43 Å². The normalized spacial score (nSPS) is 12.1. The van der Waals surface area contributed by atoms with Crippen LogP contribution in [0.15, 0.2) is 4.99 Å². The summed E-state index contributed by atoms with van der Waals surface area (Å²) < 4.78 is 5.10. The molecule has 0 fully saturated rings. The van der Waals surface area contributed by atoms with Gasteiger partial charge >= 0.3 is 0 Å². The van der Waals surface area contributed by atoms with Crippen molar-refractivity contribution in [1.29, 1.82) is 0 Å². The molecule has 0 spiro atoms. The number of hydrogen-bond donors (Lipinski definition) is 0. The minimum Gasteiger partial charge on any atom is -0.427 e. The first kappa shape index (κ1) is 19.1. The van der Waals surface area contributed by atoms with Crippen LogP contribution in [-0.2, 0) is 14.2 Å². The van der Waals surface area contributed by atoms with Crippen molar-refractivity contribution in [2.24, 2.45) is 10.9 Å². The molecule has 0 aromatic rings. The summed E-state index contributed by atoms with van der Waals surface area (Å²) in [7, 11) is 4.51. The van der Waals surface area contributed by atoms with Crippen LogP contribution in [0.2, 0.25) is 6.04 Å². The molecule has 0 heterocycles. The molecule has 0 aliphatic heterocycles. The van der Waals surface area contributed by atoms with Crippen molar-refractivity contribution in [3.05, 3.63) is 0 Å². The van der Waals surface area contributed by atoms with Crippen LogP contribution in [0.25, 0.3) is 0 Å². The molecule has 5 heteroatoms. The Hall–Kier alpha value is -0.233. The monoisotopic (exact) mass is 263 g/mol. The van der Waals surface area contributed by atoms with Crippen LogP contribution in [0.4, 0.5) is 0 Å². The van der Waals surface area contributed by atoms with Crippen LogP contribution in [0, 0.1) is 5.92 Å². The van der Waals surface area contributed by atoms with E-state index in [4.69, 9.17) is 4.43 Å². The van der Waals surface area contributed by atoms with E-state index in [0.717, 1.165) is 18.9 Å². The van der Waals surface area contributed by atoms with Crippen molar-refractivity contribution in [3.8, 4) is 0 Å². The summed E-state index contributed by atoms with van der Waals surface area (Å²) in [4.78, 5) is 12.6. The smallest absolute Gasteiger partial charge is 0.161 e. The summed E-state index contributed by atoms with van der Waals surface area (Å²) in [5.41, 5.74) is 1.30. The predicted octanol–water partition coefficient (Wildman–Crippen LogP) is 2.23. The largest absolute Gasteiger partial charge is 0.427 e. The molecule has 0 aliphatic carbocycles. The highest BCUT2D eigenvalue weighted by atomic mass is 28.2. The first-order chi connectivity index (χ1) is 8.08. The first-order valence-corrected chi connectivity index (χ1v) is 7.71. The Morgan fingerprint density at radius 1 is 1.18 bits per heavy atom. The second-order valence-corrected chi connectivity index (χ2v) is 5.94. The van der Waals surface area contributed by atoms with E-state index in [-0.39, 0.29) is 9.76 Å². The molecule has 0 N–H and O–H groups in total. The van der Waals surface area contributed by atoms with Crippen molar-refractivity contribution >= 4 is 15.5 Å². The fourth-order valence-corrected chi connectivity index (χ4v) is 2.00.